The van der Waals surface area contributed by atoms with Gasteiger partial charge < -0.3 is 10.1 Å². The Balaban J connectivity index is 2.09. The van der Waals surface area contributed by atoms with Crippen molar-refractivity contribution < 1.29 is 4.74 Å². The number of hydrogen-bond donors (Lipinski definition) is 1. The molecule has 0 fully saturated rings. The second-order valence-corrected chi connectivity index (χ2v) is 5.35. The normalized spacial score (nSPS) is 12.2. The van der Waals surface area contributed by atoms with Gasteiger partial charge >= 0.3 is 0 Å². The molecule has 2 rings (SSSR count). The first-order valence-electron chi connectivity index (χ1n) is 6.73. The summed E-state index contributed by atoms with van der Waals surface area (Å²) in [6.07, 6.45) is 0. The largest absolute Gasteiger partial charge is 0.496 e. The minimum atomic E-state index is 0.196. The molecular formula is C17H20ClNO. The molecule has 1 atom stereocenters. The predicted octanol–water partition coefficient (Wildman–Crippen LogP) is 4.51. The van der Waals surface area contributed by atoms with E-state index in [0.29, 0.717) is 0 Å². The van der Waals surface area contributed by atoms with E-state index in [1.807, 2.05) is 24.3 Å². The number of hydrogen-bond acceptors (Lipinski definition) is 2. The van der Waals surface area contributed by atoms with E-state index in [4.69, 9.17) is 16.3 Å². The Bertz CT molecular complexity index is 583. The van der Waals surface area contributed by atoms with Crippen LogP contribution in [-0.2, 0) is 6.54 Å². The molecule has 0 aliphatic carbocycles. The number of aryl methyl sites for hydroxylation is 1. The van der Waals surface area contributed by atoms with Gasteiger partial charge in [0.15, 0.2) is 0 Å². The SMILES string of the molecule is COc1cc(C)ccc1C(C)NCc1ccccc1Cl. The maximum Gasteiger partial charge on any atom is 0.123 e. The summed E-state index contributed by atoms with van der Waals surface area (Å²) < 4.78 is 5.46. The number of nitrogens with one attached hydrogen (secondary N) is 1. The van der Waals surface area contributed by atoms with Crippen molar-refractivity contribution in [1.82, 2.24) is 5.32 Å². The van der Waals surface area contributed by atoms with Crippen molar-refractivity contribution in [1.29, 1.82) is 0 Å². The Morgan fingerprint density at radius 1 is 1.20 bits per heavy atom. The third-order valence-electron chi connectivity index (χ3n) is 3.41. The van der Waals surface area contributed by atoms with Crippen LogP contribution in [0.1, 0.15) is 29.7 Å². The average Bonchev–Trinajstić information content (AvgIpc) is 2.46. The topological polar surface area (TPSA) is 21.3 Å². The average molecular weight is 290 g/mol. The van der Waals surface area contributed by atoms with Gasteiger partial charge in [0, 0.05) is 23.2 Å². The highest BCUT2D eigenvalue weighted by atomic mass is 35.5. The fraction of sp³-hybridized carbons (Fsp3) is 0.294. The Morgan fingerprint density at radius 3 is 2.65 bits per heavy atom. The zero-order valence-corrected chi connectivity index (χ0v) is 12.9. The summed E-state index contributed by atoms with van der Waals surface area (Å²) in [5.41, 5.74) is 3.46. The van der Waals surface area contributed by atoms with Crippen molar-refractivity contribution in [3.05, 3.63) is 64.2 Å². The van der Waals surface area contributed by atoms with Crippen LogP contribution >= 0.6 is 11.6 Å². The number of benzene rings is 2. The van der Waals surface area contributed by atoms with E-state index in [2.05, 4.69) is 37.4 Å². The van der Waals surface area contributed by atoms with Crippen molar-refractivity contribution in [2.24, 2.45) is 0 Å². The van der Waals surface area contributed by atoms with Gasteiger partial charge in [-0.3, -0.25) is 0 Å². The molecule has 0 aliphatic rings. The molecular weight excluding hydrogens is 270 g/mol. The highest BCUT2D eigenvalue weighted by molar-refractivity contribution is 6.31. The first kappa shape index (κ1) is 14.9. The molecule has 20 heavy (non-hydrogen) atoms. The second kappa shape index (κ2) is 6.78. The van der Waals surface area contributed by atoms with Crippen LogP contribution in [-0.4, -0.2) is 7.11 Å². The predicted molar refractivity (Wildman–Crippen MR) is 84.4 cm³/mol. The molecule has 106 valence electrons. The zero-order valence-electron chi connectivity index (χ0n) is 12.1. The molecule has 0 radical (unpaired) electrons. The number of methoxy groups -OCH3 is 1. The highest BCUT2D eigenvalue weighted by Crippen LogP contribution is 2.26. The van der Waals surface area contributed by atoms with E-state index in [1.165, 1.54) is 5.56 Å². The lowest BCUT2D eigenvalue weighted by Crippen LogP contribution is -2.19. The summed E-state index contributed by atoms with van der Waals surface area (Å²) in [5.74, 6) is 0.921. The molecule has 1 N–H and O–H groups in total. The maximum absolute atomic E-state index is 6.17. The zero-order chi connectivity index (χ0) is 14.5. The van der Waals surface area contributed by atoms with Crippen LogP contribution in [0.3, 0.4) is 0 Å². The summed E-state index contributed by atoms with van der Waals surface area (Å²) in [6.45, 7) is 4.93. The molecule has 1 unspecified atom stereocenters. The van der Waals surface area contributed by atoms with Gasteiger partial charge in [0.05, 0.1) is 7.11 Å². The Morgan fingerprint density at radius 2 is 1.95 bits per heavy atom. The molecule has 3 heteroatoms. The Kier molecular flexibility index (Phi) is 5.05. The molecule has 0 saturated heterocycles. The minimum Gasteiger partial charge on any atom is -0.496 e. The van der Waals surface area contributed by atoms with Crippen molar-refractivity contribution in [2.45, 2.75) is 26.4 Å². The molecule has 0 heterocycles. The first-order chi connectivity index (χ1) is 9.61. The van der Waals surface area contributed by atoms with E-state index in [0.717, 1.165) is 28.4 Å². The summed E-state index contributed by atoms with van der Waals surface area (Å²) in [6, 6.07) is 14.4. The number of ether oxygens (including phenoxy) is 1. The fourth-order valence-corrected chi connectivity index (χ4v) is 2.39. The van der Waals surface area contributed by atoms with E-state index in [1.54, 1.807) is 7.11 Å². The maximum atomic E-state index is 6.17. The van der Waals surface area contributed by atoms with Crippen LogP contribution in [0.25, 0.3) is 0 Å². The highest BCUT2D eigenvalue weighted by Gasteiger charge is 2.11. The number of rotatable bonds is 5. The molecule has 0 spiro atoms. The third kappa shape index (κ3) is 3.53. The molecule has 2 aromatic rings. The van der Waals surface area contributed by atoms with Crippen LogP contribution in [0, 0.1) is 6.92 Å². The van der Waals surface area contributed by atoms with Crippen LogP contribution in [0.5, 0.6) is 5.75 Å². The number of halogens is 1. The van der Waals surface area contributed by atoms with Gasteiger partial charge in [-0.05, 0) is 37.1 Å². The van der Waals surface area contributed by atoms with Crippen LogP contribution in [0.4, 0.5) is 0 Å². The van der Waals surface area contributed by atoms with Gasteiger partial charge in [0.2, 0.25) is 0 Å². The van der Waals surface area contributed by atoms with Crippen LogP contribution < -0.4 is 10.1 Å². The second-order valence-electron chi connectivity index (χ2n) is 4.94. The molecule has 0 aromatic heterocycles. The molecule has 2 nitrogen and oxygen atoms in total. The van der Waals surface area contributed by atoms with Gasteiger partial charge in [-0.15, -0.1) is 0 Å². The van der Waals surface area contributed by atoms with E-state index in [9.17, 15) is 0 Å². The fourth-order valence-electron chi connectivity index (χ4n) is 2.19. The monoisotopic (exact) mass is 289 g/mol. The van der Waals surface area contributed by atoms with Crippen molar-refractivity contribution in [3.63, 3.8) is 0 Å². The van der Waals surface area contributed by atoms with E-state index < -0.39 is 0 Å². The first-order valence-corrected chi connectivity index (χ1v) is 7.11. The van der Waals surface area contributed by atoms with Gasteiger partial charge in [-0.1, -0.05) is 41.9 Å². The van der Waals surface area contributed by atoms with Gasteiger partial charge in [-0.2, -0.15) is 0 Å². The van der Waals surface area contributed by atoms with Crippen LogP contribution in [0.15, 0.2) is 42.5 Å². The quantitative estimate of drug-likeness (QED) is 0.874. The van der Waals surface area contributed by atoms with Crippen molar-refractivity contribution in [2.75, 3.05) is 7.11 Å². The third-order valence-corrected chi connectivity index (χ3v) is 3.78. The molecule has 0 amide bonds. The van der Waals surface area contributed by atoms with Crippen LogP contribution in [0.2, 0.25) is 5.02 Å². The standard InChI is InChI=1S/C17H20ClNO/c1-12-8-9-15(17(10-12)20-3)13(2)19-11-14-6-4-5-7-16(14)18/h4-10,13,19H,11H2,1-3H3. The van der Waals surface area contributed by atoms with E-state index in [-0.39, 0.29) is 6.04 Å². The molecule has 0 aliphatic heterocycles. The molecule has 0 bridgehead atoms. The van der Waals surface area contributed by atoms with Crippen molar-refractivity contribution >= 4 is 11.6 Å². The Labute approximate surface area is 125 Å². The van der Waals surface area contributed by atoms with E-state index >= 15 is 0 Å². The van der Waals surface area contributed by atoms with Gasteiger partial charge in [-0.25, -0.2) is 0 Å². The summed E-state index contributed by atoms with van der Waals surface area (Å²) in [5, 5.41) is 4.28. The lowest BCUT2D eigenvalue weighted by atomic mass is 10.0. The van der Waals surface area contributed by atoms with Gasteiger partial charge in [0.25, 0.3) is 0 Å². The smallest absolute Gasteiger partial charge is 0.123 e. The molecule has 2 aromatic carbocycles. The van der Waals surface area contributed by atoms with Crippen molar-refractivity contribution in [3.8, 4) is 5.75 Å². The summed E-state index contributed by atoms with van der Waals surface area (Å²) >= 11 is 6.17. The molecule has 0 saturated carbocycles. The van der Waals surface area contributed by atoms with Gasteiger partial charge in [0.1, 0.15) is 5.75 Å². The minimum absolute atomic E-state index is 0.196. The lowest BCUT2D eigenvalue weighted by Gasteiger charge is -2.18. The summed E-state index contributed by atoms with van der Waals surface area (Å²) in [7, 11) is 1.71. The summed E-state index contributed by atoms with van der Waals surface area (Å²) in [4.78, 5) is 0. The lowest BCUT2D eigenvalue weighted by molar-refractivity contribution is 0.401. The Hall–Kier alpha value is -1.51.